The van der Waals surface area contributed by atoms with Gasteiger partial charge in [0.05, 0.1) is 0 Å². The van der Waals surface area contributed by atoms with Crippen LogP contribution in [0.15, 0.2) is 24.3 Å². The molecule has 1 N–H and O–H groups in total. The van der Waals surface area contributed by atoms with Crippen molar-refractivity contribution in [2.24, 2.45) is 11.8 Å². The van der Waals surface area contributed by atoms with Gasteiger partial charge in [0, 0.05) is 13.2 Å². The van der Waals surface area contributed by atoms with Crippen LogP contribution in [-0.4, -0.2) is 26.3 Å². The maximum atomic E-state index is 5.48. The fourth-order valence-electron chi connectivity index (χ4n) is 2.64. The van der Waals surface area contributed by atoms with Gasteiger partial charge in [-0.15, -0.1) is 0 Å². The van der Waals surface area contributed by atoms with Crippen LogP contribution in [0.4, 0.5) is 0 Å². The van der Waals surface area contributed by atoms with Crippen LogP contribution in [0.3, 0.4) is 0 Å². The van der Waals surface area contributed by atoms with Crippen molar-refractivity contribution in [2.75, 3.05) is 26.3 Å². The van der Waals surface area contributed by atoms with Crippen molar-refractivity contribution in [1.82, 2.24) is 5.32 Å². The van der Waals surface area contributed by atoms with Crippen molar-refractivity contribution in [1.29, 1.82) is 0 Å². The quantitative estimate of drug-likeness (QED) is 0.616. The molecule has 0 heterocycles. The Labute approximate surface area is 131 Å². The van der Waals surface area contributed by atoms with E-state index in [4.69, 9.17) is 4.74 Å². The van der Waals surface area contributed by atoms with Crippen LogP contribution >= 0.6 is 0 Å². The van der Waals surface area contributed by atoms with Gasteiger partial charge in [-0.25, -0.2) is 0 Å². The van der Waals surface area contributed by atoms with Gasteiger partial charge in [0.2, 0.25) is 0 Å². The summed E-state index contributed by atoms with van der Waals surface area (Å²) in [6, 6.07) is 8.91. The summed E-state index contributed by atoms with van der Waals surface area (Å²) in [5.74, 6) is 1.42. The summed E-state index contributed by atoms with van der Waals surface area (Å²) in [5, 5.41) is 3.62. The molecular formula is C19H33NO. The minimum Gasteiger partial charge on any atom is -0.382 e. The number of nitrogens with one attached hydrogen (secondary N) is 1. The van der Waals surface area contributed by atoms with Gasteiger partial charge < -0.3 is 10.1 Å². The van der Waals surface area contributed by atoms with Crippen LogP contribution < -0.4 is 5.32 Å². The highest BCUT2D eigenvalue weighted by Gasteiger charge is 2.10. The second-order valence-electron chi connectivity index (χ2n) is 6.45. The molecule has 0 bridgehead atoms. The van der Waals surface area contributed by atoms with Crippen LogP contribution in [0.1, 0.15) is 44.7 Å². The smallest absolute Gasteiger partial charge is 0.0466 e. The van der Waals surface area contributed by atoms with Gasteiger partial charge in [-0.1, -0.05) is 43.7 Å². The number of ether oxygens (including phenoxy) is 1. The third-order valence-electron chi connectivity index (χ3n) is 3.70. The van der Waals surface area contributed by atoms with Crippen molar-refractivity contribution < 1.29 is 4.74 Å². The molecule has 1 aromatic rings. The first-order chi connectivity index (χ1) is 10.1. The molecule has 0 spiro atoms. The SMILES string of the molecule is CCOCCCC(CNCC(C)C)Cc1cccc(C)c1. The number of rotatable bonds is 11. The maximum Gasteiger partial charge on any atom is 0.0466 e. The highest BCUT2D eigenvalue weighted by atomic mass is 16.5. The molecule has 0 aliphatic rings. The molecule has 0 saturated carbocycles. The average molecular weight is 291 g/mol. The Morgan fingerprint density at radius 1 is 1.19 bits per heavy atom. The van der Waals surface area contributed by atoms with Gasteiger partial charge in [-0.05, 0) is 63.6 Å². The molecule has 2 heteroatoms. The summed E-state index contributed by atoms with van der Waals surface area (Å²) >= 11 is 0. The van der Waals surface area contributed by atoms with E-state index in [-0.39, 0.29) is 0 Å². The van der Waals surface area contributed by atoms with Crippen molar-refractivity contribution in [2.45, 2.75) is 47.0 Å². The highest BCUT2D eigenvalue weighted by Crippen LogP contribution is 2.15. The first-order valence-electron chi connectivity index (χ1n) is 8.45. The van der Waals surface area contributed by atoms with E-state index >= 15 is 0 Å². The second kappa shape index (κ2) is 10.8. The number of hydrogen-bond donors (Lipinski definition) is 1. The summed E-state index contributed by atoms with van der Waals surface area (Å²) in [5.41, 5.74) is 2.82. The van der Waals surface area contributed by atoms with Crippen molar-refractivity contribution in [3.63, 3.8) is 0 Å². The van der Waals surface area contributed by atoms with Crippen LogP contribution in [-0.2, 0) is 11.2 Å². The molecule has 0 fully saturated rings. The Kier molecular flexibility index (Phi) is 9.36. The monoisotopic (exact) mass is 291 g/mol. The average Bonchev–Trinajstić information content (AvgIpc) is 2.43. The topological polar surface area (TPSA) is 21.3 Å². The van der Waals surface area contributed by atoms with Crippen LogP contribution in [0.25, 0.3) is 0 Å². The van der Waals surface area contributed by atoms with E-state index in [9.17, 15) is 0 Å². The number of benzene rings is 1. The molecule has 1 unspecified atom stereocenters. The summed E-state index contributed by atoms with van der Waals surface area (Å²) in [6.07, 6.45) is 3.56. The molecule has 1 aromatic carbocycles. The minimum absolute atomic E-state index is 0.700. The van der Waals surface area contributed by atoms with E-state index < -0.39 is 0 Å². The Morgan fingerprint density at radius 3 is 2.67 bits per heavy atom. The van der Waals surface area contributed by atoms with Gasteiger partial charge in [0.15, 0.2) is 0 Å². The maximum absolute atomic E-state index is 5.48. The lowest BCUT2D eigenvalue weighted by molar-refractivity contribution is 0.139. The Hall–Kier alpha value is -0.860. The van der Waals surface area contributed by atoms with E-state index in [1.54, 1.807) is 0 Å². The Balaban J connectivity index is 2.45. The minimum atomic E-state index is 0.700. The van der Waals surface area contributed by atoms with Crippen molar-refractivity contribution in [3.8, 4) is 0 Å². The first-order valence-corrected chi connectivity index (χ1v) is 8.45. The lowest BCUT2D eigenvalue weighted by Gasteiger charge is -2.19. The van der Waals surface area contributed by atoms with E-state index in [1.807, 2.05) is 0 Å². The molecule has 0 aromatic heterocycles. The fraction of sp³-hybridized carbons (Fsp3) is 0.684. The molecule has 2 nitrogen and oxygen atoms in total. The predicted octanol–water partition coefficient (Wildman–Crippen LogP) is 4.22. The van der Waals surface area contributed by atoms with Crippen LogP contribution in [0.5, 0.6) is 0 Å². The van der Waals surface area contributed by atoms with E-state index in [0.29, 0.717) is 11.8 Å². The fourth-order valence-corrected chi connectivity index (χ4v) is 2.64. The van der Waals surface area contributed by atoms with Gasteiger partial charge in [-0.3, -0.25) is 0 Å². The molecule has 1 atom stereocenters. The lowest BCUT2D eigenvalue weighted by Crippen LogP contribution is -2.27. The lowest BCUT2D eigenvalue weighted by atomic mass is 9.94. The molecular weight excluding hydrogens is 258 g/mol. The number of aryl methyl sites for hydroxylation is 1. The van der Waals surface area contributed by atoms with Crippen molar-refractivity contribution >= 4 is 0 Å². The molecule has 1 rings (SSSR count). The summed E-state index contributed by atoms with van der Waals surface area (Å²) in [7, 11) is 0. The van der Waals surface area contributed by atoms with Gasteiger partial charge in [0.1, 0.15) is 0 Å². The van der Waals surface area contributed by atoms with Gasteiger partial charge >= 0.3 is 0 Å². The Bertz CT molecular complexity index is 376. The zero-order valence-electron chi connectivity index (χ0n) is 14.3. The van der Waals surface area contributed by atoms with Crippen molar-refractivity contribution in [3.05, 3.63) is 35.4 Å². The number of hydrogen-bond acceptors (Lipinski definition) is 2. The van der Waals surface area contributed by atoms with Gasteiger partial charge in [0.25, 0.3) is 0 Å². The molecule has 0 aliphatic heterocycles. The zero-order chi connectivity index (χ0) is 15.5. The van der Waals surface area contributed by atoms with E-state index in [1.165, 1.54) is 24.0 Å². The Morgan fingerprint density at radius 2 is 2.00 bits per heavy atom. The normalized spacial score (nSPS) is 12.8. The molecule has 120 valence electrons. The van der Waals surface area contributed by atoms with E-state index in [2.05, 4.69) is 57.3 Å². The molecule has 21 heavy (non-hydrogen) atoms. The van der Waals surface area contributed by atoms with Gasteiger partial charge in [-0.2, -0.15) is 0 Å². The van der Waals surface area contributed by atoms with Crippen LogP contribution in [0.2, 0.25) is 0 Å². The van der Waals surface area contributed by atoms with Crippen LogP contribution in [0, 0.1) is 18.8 Å². The molecule has 0 radical (unpaired) electrons. The second-order valence-corrected chi connectivity index (χ2v) is 6.45. The predicted molar refractivity (Wildman–Crippen MR) is 91.8 cm³/mol. The zero-order valence-corrected chi connectivity index (χ0v) is 14.3. The summed E-state index contributed by atoms with van der Waals surface area (Å²) in [4.78, 5) is 0. The summed E-state index contributed by atoms with van der Waals surface area (Å²) in [6.45, 7) is 12.7. The van der Waals surface area contributed by atoms with E-state index in [0.717, 1.165) is 32.7 Å². The largest absolute Gasteiger partial charge is 0.382 e. The molecule has 0 aliphatic carbocycles. The highest BCUT2D eigenvalue weighted by molar-refractivity contribution is 5.22. The third kappa shape index (κ3) is 8.90. The molecule has 0 amide bonds. The summed E-state index contributed by atoms with van der Waals surface area (Å²) < 4.78 is 5.48. The molecule has 0 saturated heterocycles. The standard InChI is InChI=1S/C19H33NO/c1-5-21-11-7-10-19(15-20-14-16(2)3)13-18-9-6-8-17(4)12-18/h6,8-9,12,16,19-20H,5,7,10-11,13-15H2,1-4H3. The third-order valence-corrected chi connectivity index (χ3v) is 3.70. The first kappa shape index (κ1) is 18.2.